The largest absolute Gasteiger partial charge is 0.468 e. The van der Waals surface area contributed by atoms with Crippen molar-refractivity contribution in [3.05, 3.63) is 12.7 Å². The summed E-state index contributed by atoms with van der Waals surface area (Å²) in [5.74, 6) is 0.0257. The lowest BCUT2D eigenvalue weighted by molar-refractivity contribution is -0.143. The number of rotatable bonds is 5. The third-order valence-corrected chi connectivity index (χ3v) is 3.37. The molecule has 0 aromatic rings. The molecule has 1 atom stereocenters. The Morgan fingerprint density at radius 3 is 2.41 bits per heavy atom. The fourth-order valence-corrected chi connectivity index (χ4v) is 2.31. The third kappa shape index (κ3) is 3.97. The maximum Gasteiger partial charge on any atom is 0.322 e. The van der Waals surface area contributed by atoms with Gasteiger partial charge in [0, 0.05) is 12.0 Å². The standard InChI is InChI=1S/C13H21NO3/c1-4-12(15)10-5-7-11(8-6-10)14-9(2)13(16)17-3/h4,9-11,14H,1,5-8H2,2-3H3. The van der Waals surface area contributed by atoms with Gasteiger partial charge in [0.05, 0.1) is 7.11 Å². The molecule has 17 heavy (non-hydrogen) atoms. The SMILES string of the molecule is C=CC(=O)C1CCC(NC(C)C(=O)OC)CC1. The Morgan fingerprint density at radius 1 is 1.35 bits per heavy atom. The van der Waals surface area contributed by atoms with Crippen LogP contribution in [0.4, 0.5) is 0 Å². The van der Waals surface area contributed by atoms with E-state index in [-0.39, 0.29) is 23.7 Å². The first-order valence-electron chi connectivity index (χ1n) is 6.08. The number of methoxy groups -OCH3 is 1. The van der Waals surface area contributed by atoms with E-state index in [0.29, 0.717) is 6.04 Å². The Balaban J connectivity index is 2.34. The van der Waals surface area contributed by atoms with E-state index in [1.807, 2.05) is 0 Å². The highest BCUT2D eigenvalue weighted by Gasteiger charge is 2.26. The summed E-state index contributed by atoms with van der Waals surface area (Å²) < 4.78 is 4.66. The molecule has 1 aliphatic rings. The zero-order valence-corrected chi connectivity index (χ0v) is 10.6. The van der Waals surface area contributed by atoms with E-state index in [1.165, 1.54) is 13.2 Å². The Morgan fingerprint density at radius 2 is 1.94 bits per heavy atom. The minimum Gasteiger partial charge on any atom is -0.468 e. The molecule has 1 aliphatic carbocycles. The molecule has 1 unspecified atom stereocenters. The van der Waals surface area contributed by atoms with Crippen LogP contribution in [0.3, 0.4) is 0 Å². The molecule has 4 nitrogen and oxygen atoms in total. The minimum absolute atomic E-state index is 0.124. The van der Waals surface area contributed by atoms with Crippen LogP contribution in [0.1, 0.15) is 32.6 Å². The molecule has 0 amide bonds. The van der Waals surface area contributed by atoms with E-state index >= 15 is 0 Å². The number of ether oxygens (including phenoxy) is 1. The number of ketones is 1. The second kappa shape index (κ2) is 6.55. The average molecular weight is 239 g/mol. The van der Waals surface area contributed by atoms with E-state index in [0.717, 1.165) is 25.7 Å². The lowest BCUT2D eigenvalue weighted by Crippen LogP contribution is -2.44. The lowest BCUT2D eigenvalue weighted by Gasteiger charge is -2.29. The van der Waals surface area contributed by atoms with Crippen LogP contribution >= 0.6 is 0 Å². The number of nitrogens with one attached hydrogen (secondary N) is 1. The maximum absolute atomic E-state index is 11.4. The fourth-order valence-electron chi connectivity index (χ4n) is 2.31. The van der Waals surface area contributed by atoms with E-state index in [1.54, 1.807) is 6.92 Å². The molecule has 0 aliphatic heterocycles. The summed E-state index contributed by atoms with van der Waals surface area (Å²) >= 11 is 0. The predicted molar refractivity (Wildman–Crippen MR) is 65.6 cm³/mol. The summed E-state index contributed by atoms with van der Waals surface area (Å²) in [5, 5.41) is 3.24. The molecule has 0 aromatic heterocycles. The van der Waals surface area contributed by atoms with E-state index < -0.39 is 0 Å². The second-order valence-corrected chi connectivity index (χ2v) is 4.57. The van der Waals surface area contributed by atoms with Crippen molar-refractivity contribution in [3.8, 4) is 0 Å². The highest BCUT2D eigenvalue weighted by Crippen LogP contribution is 2.25. The molecule has 0 aromatic carbocycles. The number of hydrogen-bond acceptors (Lipinski definition) is 4. The van der Waals surface area contributed by atoms with Crippen molar-refractivity contribution in [3.63, 3.8) is 0 Å². The lowest BCUT2D eigenvalue weighted by atomic mass is 9.83. The first-order chi connectivity index (χ1) is 8.08. The summed E-state index contributed by atoms with van der Waals surface area (Å²) in [6.07, 6.45) is 5.00. The third-order valence-electron chi connectivity index (χ3n) is 3.37. The quantitative estimate of drug-likeness (QED) is 0.583. The zero-order chi connectivity index (χ0) is 12.8. The molecule has 0 saturated heterocycles. The number of carbonyl (C=O) groups excluding carboxylic acids is 2. The van der Waals surface area contributed by atoms with Gasteiger partial charge in [-0.05, 0) is 38.7 Å². The summed E-state index contributed by atoms with van der Waals surface area (Å²) in [6, 6.07) is 0.0228. The molecule has 0 heterocycles. The number of carbonyl (C=O) groups is 2. The van der Waals surface area contributed by atoms with Crippen molar-refractivity contribution in [2.75, 3.05) is 7.11 Å². The van der Waals surface area contributed by atoms with Gasteiger partial charge in [-0.3, -0.25) is 9.59 Å². The molecule has 0 radical (unpaired) electrons. The van der Waals surface area contributed by atoms with Gasteiger partial charge in [0.15, 0.2) is 5.78 Å². The van der Waals surface area contributed by atoms with Crippen molar-refractivity contribution < 1.29 is 14.3 Å². The molecular formula is C13H21NO3. The van der Waals surface area contributed by atoms with Crippen LogP contribution in [0.2, 0.25) is 0 Å². The topological polar surface area (TPSA) is 55.4 Å². The molecule has 1 N–H and O–H groups in total. The number of hydrogen-bond donors (Lipinski definition) is 1. The van der Waals surface area contributed by atoms with Crippen molar-refractivity contribution in [2.24, 2.45) is 5.92 Å². The highest BCUT2D eigenvalue weighted by molar-refractivity contribution is 5.91. The Hall–Kier alpha value is -1.16. The van der Waals surface area contributed by atoms with Gasteiger partial charge in [-0.2, -0.15) is 0 Å². The van der Waals surface area contributed by atoms with Crippen LogP contribution in [0.5, 0.6) is 0 Å². The van der Waals surface area contributed by atoms with Gasteiger partial charge in [-0.1, -0.05) is 6.58 Å². The van der Waals surface area contributed by atoms with Crippen molar-refractivity contribution in [2.45, 2.75) is 44.7 Å². The molecule has 96 valence electrons. The Kier molecular flexibility index (Phi) is 5.35. The molecular weight excluding hydrogens is 218 g/mol. The normalized spacial score (nSPS) is 26.0. The summed E-state index contributed by atoms with van der Waals surface area (Å²) in [7, 11) is 1.39. The summed E-state index contributed by atoms with van der Waals surface area (Å²) in [6.45, 7) is 5.31. The van der Waals surface area contributed by atoms with Crippen LogP contribution in [-0.2, 0) is 14.3 Å². The molecule has 4 heteroatoms. The molecule has 0 spiro atoms. The van der Waals surface area contributed by atoms with E-state index in [4.69, 9.17) is 0 Å². The van der Waals surface area contributed by atoms with E-state index in [2.05, 4.69) is 16.6 Å². The van der Waals surface area contributed by atoms with Crippen LogP contribution in [-0.4, -0.2) is 30.9 Å². The molecule has 1 fully saturated rings. The first kappa shape index (κ1) is 13.9. The van der Waals surface area contributed by atoms with Gasteiger partial charge in [0.2, 0.25) is 0 Å². The summed E-state index contributed by atoms with van der Waals surface area (Å²) in [4.78, 5) is 22.7. The highest BCUT2D eigenvalue weighted by atomic mass is 16.5. The summed E-state index contributed by atoms with van der Waals surface area (Å²) in [5.41, 5.74) is 0. The maximum atomic E-state index is 11.4. The van der Waals surface area contributed by atoms with Crippen molar-refractivity contribution in [1.82, 2.24) is 5.32 Å². The monoisotopic (exact) mass is 239 g/mol. The molecule has 1 rings (SSSR count). The molecule has 1 saturated carbocycles. The predicted octanol–water partition coefficient (Wildman–Crippen LogP) is 1.45. The van der Waals surface area contributed by atoms with Gasteiger partial charge in [-0.15, -0.1) is 0 Å². The van der Waals surface area contributed by atoms with E-state index in [9.17, 15) is 9.59 Å². The second-order valence-electron chi connectivity index (χ2n) is 4.57. The smallest absolute Gasteiger partial charge is 0.322 e. The van der Waals surface area contributed by atoms with Crippen LogP contribution in [0, 0.1) is 5.92 Å². The average Bonchev–Trinajstić information content (AvgIpc) is 2.37. The van der Waals surface area contributed by atoms with Crippen LogP contribution in [0.25, 0.3) is 0 Å². The van der Waals surface area contributed by atoms with Gasteiger partial charge in [-0.25, -0.2) is 0 Å². The fraction of sp³-hybridized carbons (Fsp3) is 0.692. The van der Waals surface area contributed by atoms with Gasteiger partial charge >= 0.3 is 5.97 Å². The first-order valence-corrected chi connectivity index (χ1v) is 6.08. The van der Waals surface area contributed by atoms with Crippen LogP contribution in [0.15, 0.2) is 12.7 Å². The van der Waals surface area contributed by atoms with Gasteiger partial charge in [0.1, 0.15) is 6.04 Å². The zero-order valence-electron chi connectivity index (χ0n) is 10.6. The van der Waals surface area contributed by atoms with Gasteiger partial charge < -0.3 is 10.1 Å². The Bertz CT molecular complexity index is 293. The van der Waals surface area contributed by atoms with Gasteiger partial charge in [0.25, 0.3) is 0 Å². The number of allylic oxidation sites excluding steroid dienone is 1. The van der Waals surface area contributed by atoms with Crippen molar-refractivity contribution >= 4 is 11.8 Å². The van der Waals surface area contributed by atoms with Crippen LogP contribution < -0.4 is 5.32 Å². The molecule has 0 bridgehead atoms. The van der Waals surface area contributed by atoms with Crippen molar-refractivity contribution in [1.29, 1.82) is 0 Å². The number of esters is 1. The Labute approximate surface area is 102 Å². The minimum atomic E-state index is -0.281.